The minimum atomic E-state index is -4.45. The van der Waals surface area contributed by atoms with Gasteiger partial charge in [-0.25, -0.2) is 0 Å². The number of nitrogens with one attached hydrogen (secondary N) is 1. The van der Waals surface area contributed by atoms with E-state index in [0.717, 1.165) is 12.1 Å². The van der Waals surface area contributed by atoms with Crippen molar-refractivity contribution in [1.29, 1.82) is 0 Å². The number of hydrogen-bond donors (Lipinski definition) is 2. The lowest BCUT2D eigenvalue weighted by atomic mass is 10.2. The smallest absolute Gasteiger partial charge is 0.416 e. The number of likely N-dealkylation sites (N-methyl/N-ethyl adjacent to an activating group) is 1. The molecule has 5 nitrogen and oxygen atoms in total. The number of aliphatic hydroxyl groups excluding tert-OH is 1. The highest BCUT2D eigenvalue weighted by molar-refractivity contribution is 5.78. The molecule has 1 rings (SSSR count). The summed E-state index contributed by atoms with van der Waals surface area (Å²) in [7, 11) is 1.80. The number of aliphatic hydroxyl groups is 1. The van der Waals surface area contributed by atoms with E-state index in [4.69, 9.17) is 4.74 Å². The zero-order valence-electron chi connectivity index (χ0n) is 13.9. The third kappa shape index (κ3) is 7.18. The molecule has 0 fully saturated rings. The molecule has 0 saturated carbocycles. The van der Waals surface area contributed by atoms with Crippen molar-refractivity contribution in [3.63, 3.8) is 0 Å². The zero-order valence-corrected chi connectivity index (χ0v) is 13.9. The lowest BCUT2D eigenvalue weighted by molar-refractivity contribution is -0.137. The number of carbonyl (C=O) groups is 1. The first kappa shape index (κ1) is 20.2. The Hall–Kier alpha value is -1.80. The minimum Gasteiger partial charge on any atom is -0.491 e. The third-order valence-corrected chi connectivity index (χ3v) is 3.41. The van der Waals surface area contributed by atoms with E-state index in [-0.39, 0.29) is 37.4 Å². The van der Waals surface area contributed by atoms with Gasteiger partial charge < -0.3 is 15.2 Å². The van der Waals surface area contributed by atoms with Crippen molar-refractivity contribution >= 4 is 5.91 Å². The molecule has 24 heavy (non-hydrogen) atoms. The molecule has 0 radical (unpaired) electrons. The van der Waals surface area contributed by atoms with Crippen LogP contribution in [0.15, 0.2) is 24.3 Å². The van der Waals surface area contributed by atoms with E-state index in [1.807, 2.05) is 18.7 Å². The maximum Gasteiger partial charge on any atom is 0.416 e. The standard InChI is InChI=1S/C16H23F3N2O3/c1-11(2)21(3)9-15(23)20-8-13(22)10-24-14-6-4-5-12(7-14)16(17,18)19/h4-7,11,13,22H,8-10H2,1-3H3,(H,20,23). The number of hydrogen-bond acceptors (Lipinski definition) is 4. The Morgan fingerprint density at radius 2 is 2.04 bits per heavy atom. The molecule has 0 saturated heterocycles. The van der Waals surface area contributed by atoms with E-state index in [0.29, 0.717) is 0 Å². The van der Waals surface area contributed by atoms with Crippen LogP contribution in [-0.4, -0.2) is 54.8 Å². The second kappa shape index (κ2) is 8.89. The second-order valence-corrected chi connectivity index (χ2v) is 5.80. The molecule has 0 aromatic heterocycles. The molecule has 0 bridgehead atoms. The van der Waals surface area contributed by atoms with Gasteiger partial charge in [-0.2, -0.15) is 13.2 Å². The first-order valence-corrected chi connectivity index (χ1v) is 7.54. The van der Waals surface area contributed by atoms with Crippen LogP contribution in [0.3, 0.4) is 0 Å². The molecule has 1 unspecified atom stereocenters. The maximum atomic E-state index is 12.6. The van der Waals surface area contributed by atoms with Crippen molar-refractivity contribution in [3.8, 4) is 5.75 Å². The van der Waals surface area contributed by atoms with Crippen LogP contribution in [0.1, 0.15) is 19.4 Å². The SMILES string of the molecule is CC(C)N(C)CC(=O)NCC(O)COc1cccc(C(F)(F)F)c1. The van der Waals surface area contributed by atoms with E-state index in [9.17, 15) is 23.1 Å². The highest BCUT2D eigenvalue weighted by atomic mass is 19.4. The van der Waals surface area contributed by atoms with Crippen molar-refractivity contribution in [2.24, 2.45) is 0 Å². The van der Waals surface area contributed by atoms with Gasteiger partial charge in [0.05, 0.1) is 12.1 Å². The average molecular weight is 348 g/mol. The van der Waals surface area contributed by atoms with Crippen LogP contribution in [0, 0.1) is 0 Å². The number of benzene rings is 1. The van der Waals surface area contributed by atoms with E-state index in [1.165, 1.54) is 12.1 Å². The maximum absolute atomic E-state index is 12.6. The van der Waals surface area contributed by atoms with Gasteiger partial charge in [0.1, 0.15) is 18.5 Å². The Balaban J connectivity index is 2.39. The van der Waals surface area contributed by atoms with Crippen molar-refractivity contribution < 1.29 is 27.8 Å². The van der Waals surface area contributed by atoms with Gasteiger partial charge in [-0.1, -0.05) is 6.07 Å². The summed E-state index contributed by atoms with van der Waals surface area (Å²) in [6, 6.07) is 4.62. The van der Waals surface area contributed by atoms with E-state index in [1.54, 1.807) is 7.05 Å². The largest absolute Gasteiger partial charge is 0.491 e. The molecular formula is C16H23F3N2O3. The number of alkyl halides is 3. The van der Waals surface area contributed by atoms with Crippen molar-refractivity contribution in [2.75, 3.05) is 26.7 Å². The van der Waals surface area contributed by atoms with Gasteiger partial charge in [0.25, 0.3) is 0 Å². The lowest BCUT2D eigenvalue weighted by Gasteiger charge is -2.20. The number of ether oxygens (including phenoxy) is 1. The number of halogens is 3. The van der Waals surface area contributed by atoms with Crippen LogP contribution in [0.25, 0.3) is 0 Å². The summed E-state index contributed by atoms with van der Waals surface area (Å²) in [5.74, 6) is -0.237. The molecule has 136 valence electrons. The molecule has 8 heteroatoms. The fourth-order valence-electron chi connectivity index (χ4n) is 1.71. The molecular weight excluding hydrogens is 325 g/mol. The number of carbonyl (C=O) groups excluding carboxylic acids is 1. The molecule has 0 spiro atoms. The summed E-state index contributed by atoms with van der Waals surface area (Å²) < 4.78 is 42.9. The van der Waals surface area contributed by atoms with Gasteiger partial charge >= 0.3 is 6.18 Å². The molecule has 0 aliphatic carbocycles. The molecule has 1 atom stereocenters. The second-order valence-electron chi connectivity index (χ2n) is 5.80. The minimum absolute atomic E-state index is 0.00902. The van der Waals surface area contributed by atoms with E-state index in [2.05, 4.69) is 5.32 Å². The summed E-state index contributed by atoms with van der Waals surface area (Å²) in [5, 5.41) is 12.3. The highest BCUT2D eigenvalue weighted by Crippen LogP contribution is 2.31. The van der Waals surface area contributed by atoms with Crippen LogP contribution < -0.4 is 10.1 Å². The Bertz CT molecular complexity index is 536. The van der Waals surface area contributed by atoms with Crippen LogP contribution in [0.5, 0.6) is 5.75 Å². The molecule has 1 aromatic carbocycles. The van der Waals surface area contributed by atoms with Gasteiger partial charge in [0, 0.05) is 12.6 Å². The Kier molecular flexibility index (Phi) is 7.50. The Morgan fingerprint density at radius 1 is 1.38 bits per heavy atom. The third-order valence-electron chi connectivity index (χ3n) is 3.41. The molecule has 0 aliphatic rings. The predicted molar refractivity (Wildman–Crippen MR) is 83.7 cm³/mol. The summed E-state index contributed by atoms with van der Waals surface area (Å²) in [5.41, 5.74) is -0.820. The van der Waals surface area contributed by atoms with Gasteiger partial charge in [-0.05, 0) is 39.1 Å². The van der Waals surface area contributed by atoms with Crippen LogP contribution in [0.4, 0.5) is 13.2 Å². The van der Waals surface area contributed by atoms with Crippen LogP contribution >= 0.6 is 0 Å². The summed E-state index contributed by atoms with van der Waals surface area (Å²) in [4.78, 5) is 13.5. The van der Waals surface area contributed by atoms with Gasteiger partial charge in [-0.3, -0.25) is 9.69 Å². The van der Waals surface area contributed by atoms with Crippen molar-refractivity contribution in [3.05, 3.63) is 29.8 Å². The number of amides is 1. The fraction of sp³-hybridized carbons (Fsp3) is 0.562. The lowest BCUT2D eigenvalue weighted by Crippen LogP contribution is -2.42. The summed E-state index contributed by atoms with van der Waals surface area (Å²) in [6.45, 7) is 3.83. The quantitative estimate of drug-likeness (QED) is 0.753. The van der Waals surface area contributed by atoms with Crippen molar-refractivity contribution in [2.45, 2.75) is 32.2 Å². The van der Waals surface area contributed by atoms with Gasteiger partial charge in [0.2, 0.25) is 5.91 Å². The Labute approximate surface area is 139 Å². The van der Waals surface area contributed by atoms with Crippen LogP contribution in [0.2, 0.25) is 0 Å². The molecule has 0 heterocycles. The molecule has 1 amide bonds. The van der Waals surface area contributed by atoms with E-state index < -0.39 is 17.8 Å². The summed E-state index contributed by atoms with van der Waals surface area (Å²) in [6.07, 6.45) is -5.47. The topological polar surface area (TPSA) is 61.8 Å². The highest BCUT2D eigenvalue weighted by Gasteiger charge is 2.30. The first-order valence-electron chi connectivity index (χ1n) is 7.54. The zero-order chi connectivity index (χ0) is 18.3. The molecule has 0 aliphatic heterocycles. The Morgan fingerprint density at radius 3 is 2.62 bits per heavy atom. The van der Waals surface area contributed by atoms with Crippen LogP contribution in [-0.2, 0) is 11.0 Å². The fourth-order valence-corrected chi connectivity index (χ4v) is 1.71. The number of rotatable bonds is 8. The molecule has 1 aromatic rings. The van der Waals surface area contributed by atoms with Gasteiger partial charge in [-0.15, -0.1) is 0 Å². The van der Waals surface area contributed by atoms with E-state index >= 15 is 0 Å². The first-order chi connectivity index (χ1) is 11.1. The van der Waals surface area contributed by atoms with Gasteiger partial charge in [0.15, 0.2) is 0 Å². The normalized spacial score (nSPS) is 13.2. The van der Waals surface area contributed by atoms with Crippen molar-refractivity contribution in [1.82, 2.24) is 10.2 Å². The molecule has 2 N–H and O–H groups in total. The number of nitrogens with zero attached hydrogens (tertiary/aromatic N) is 1. The average Bonchev–Trinajstić information content (AvgIpc) is 2.50. The predicted octanol–water partition coefficient (Wildman–Crippen LogP) is 1.90. The monoisotopic (exact) mass is 348 g/mol. The summed E-state index contributed by atoms with van der Waals surface area (Å²) >= 11 is 0.